The van der Waals surface area contributed by atoms with Crippen LogP contribution in [0.25, 0.3) is 0 Å². The third-order valence-electron chi connectivity index (χ3n) is 3.63. The number of hydrogen-bond donors (Lipinski definition) is 1. The van der Waals surface area contributed by atoms with E-state index in [0.717, 1.165) is 39.3 Å². The van der Waals surface area contributed by atoms with Crippen LogP contribution in [-0.2, 0) is 4.74 Å². The second-order valence-corrected chi connectivity index (χ2v) is 5.00. The topological polar surface area (TPSA) is 24.5 Å². The first-order valence-electron chi connectivity index (χ1n) is 6.83. The molecule has 3 heteroatoms. The van der Waals surface area contributed by atoms with Crippen LogP contribution >= 0.6 is 0 Å². The van der Waals surface area contributed by atoms with Gasteiger partial charge in [-0.15, -0.1) is 0 Å². The van der Waals surface area contributed by atoms with E-state index in [-0.39, 0.29) is 0 Å². The van der Waals surface area contributed by atoms with Gasteiger partial charge in [0.1, 0.15) is 0 Å². The van der Waals surface area contributed by atoms with Crippen LogP contribution in [0.3, 0.4) is 0 Å². The van der Waals surface area contributed by atoms with Gasteiger partial charge in [-0.05, 0) is 26.0 Å². The van der Waals surface area contributed by atoms with Gasteiger partial charge in [0, 0.05) is 25.7 Å². The molecule has 1 heterocycles. The first-order chi connectivity index (χ1) is 8.79. The van der Waals surface area contributed by atoms with Crippen LogP contribution in [0.1, 0.15) is 23.6 Å². The molecule has 1 aromatic carbocycles. The highest BCUT2D eigenvalue weighted by molar-refractivity contribution is 5.25. The first kappa shape index (κ1) is 13.5. The third-order valence-corrected chi connectivity index (χ3v) is 3.63. The predicted molar refractivity (Wildman–Crippen MR) is 74.9 cm³/mol. The van der Waals surface area contributed by atoms with E-state index in [4.69, 9.17) is 4.74 Å². The van der Waals surface area contributed by atoms with Crippen molar-refractivity contribution in [2.75, 3.05) is 39.9 Å². The molecule has 2 rings (SSSR count). The van der Waals surface area contributed by atoms with Crippen LogP contribution in [0.2, 0.25) is 0 Å². The second kappa shape index (κ2) is 6.88. The van der Waals surface area contributed by atoms with E-state index in [9.17, 15) is 0 Å². The lowest BCUT2D eigenvalue weighted by atomic mass is 10.0. The molecular formula is C15H24N2O. The Kier molecular flexibility index (Phi) is 5.17. The van der Waals surface area contributed by atoms with Crippen molar-refractivity contribution in [3.05, 3.63) is 35.4 Å². The van der Waals surface area contributed by atoms with Gasteiger partial charge in [0.25, 0.3) is 0 Å². The molecule has 1 aliphatic rings. The molecule has 0 bridgehead atoms. The number of rotatable bonds is 5. The predicted octanol–water partition coefficient (Wildman–Crippen LogP) is 1.98. The van der Waals surface area contributed by atoms with Crippen molar-refractivity contribution in [2.45, 2.75) is 19.4 Å². The van der Waals surface area contributed by atoms with Crippen LogP contribution < -0.4 is 5.32 Å². The molecular weight excluding hydrogens is 224 g/mol. The fourth-order valence-electron chi connectivity index (χ4n) is 2.50. The molecule has 100 valence electrons. The van der Waals surface area contributed by atoms with E-state index in [1.54, 1.807) is 0 Å². The fraction of sp³-hybridized carbons (Fsp3) is 0.600. The lowest BCUT2D eigenvalue weighted by molar-refractivity contribution is 0.0362. The van der Waals surface area contributed by atoms with E-state index in [1.807, 2.05) is 7.05 Å². The summed E-state index contributed by atoms with van der Waals surface area (Å²) >= 11 is 0. The molecule has 1 saturated heterocycles. The summed E-state index contributed by atoms with van der Waals surface area (Å²) in [6.45, 7) is 7.21. The smallest absolute Gasteiger partial charge is 0.0594 e. The number of nitrogens with zero attached hydrogens (tertiary/aromatic N) is 1. The highest BCUT2D eigenvalue weighted by Gasteiger charge is 2.14. The van der Waals surface area contributed by atoms with Crippen LogP contribution in [0.4, 0.5) is 0 Å². The van der Waals surface area contributed by atoms with Gasteiger partial charge < -0.3 is 10.1 Å². The van der Waals surface area contributed by atoms with Crippen molar-refractivity contribution in [3.63, 3.8) is 0 Å². The van der Waals surface area contributed by atoms with Crippen LogP contribution in [0, 0.1) is 6.92 Å². The van der Waals surface area contributed by atoms with E-state index < -0.39 is 0 Å². The zero-order valence-electron chi connectivity index (χ0n) is 11.5. The Hall–Kier alpha value is -0.900. The summed E-state index contributed by atoms with van der Waals surface area (Å²) in [5.41, 5.74) is 2.73. The standard InChI is InChI=1S/C15H24N2O/c1-13-4-3-5-14(12-13)15(16-2)6-7-17-8-10-18-11-9-17/h3-5,12,15-16H,6-11H2,1-2H3. The maximum Gasteiger partial charge on any atom is 0.0594 e. The van der Waals surface area contributed by atoms with Crippen molar-refractivity contribution in [3.8, 4) is 0 Å². The number of nitrogens with one attached hydrogen (secondary N) is 1. The van der Waals surface area contributed by atoms with Gasteiger partial charge in [0.2, 0.25) is 0 Å². The summed E-state index contributed by atoms with van der Waals surface area (Å²) in [5.74, 6) is 0. The average molecular weight is 248 g/mol. The molecule has 1 atom stereocenters. The number of hydrogen-bond acceptors (Lipinski definition) is 3. The quantitative estimate of drug-likeness (QED) is 0.862. The summed E-state index contributed by atoms with van der Waals surface area (Å²) < 4.78 is 5.38. The molecule has 3 nitrogen and oxygen atoms in total. The summed E-state index contributed by atoms with van der Waals surface area (Å²) in [6.07, 6.45) is 1.15. The first-order valence-corrected chi connectivity index (χ1v) is 6.83. The fourth-order valence-corrected chi connectivity index (χ4v) is 2.50. The Balaban J connectivity index is 1.88. The largest absolute Gasteiger partial charge is 0.379 e. The molecule has 1 fully saturated rings. The molecule has 1 unspecified atom stereocenters. The number of ether oxygens (including phenoxy) is 1. The van der Waals surface area contributed by atoms with Gasteiger partial charge in [-0.25, -0.2) is 0 Å². The second-order valence-electron chi connectivity index (χ2n) is 5.00. The third kappa shape index (κ3) is 3.80. The summed E-state index contributed by atoms with van der Waals surface area (Å²) in [6, 6.07) is 9.24. The van der Waals surface area contributed by atoms with Crippen molar-refractivity contribution in [2.24, 2.45) is 0 Å². The zero-order chi connectivity index (χ0) is 12.8. The summed E-state index contributed by atoms with van der Waals surface area (Å²) in [7, 11) is 2.05. The molecule has 0 aromatic heterocycles. The number of aryl methyl sites for hydroxylation is 1. The highest BCUT2D eigenvalue weighted by Crippen LogP contribution is 2.18. The van der Waals surface area contributed by atoms with Gasteiger partial charge in [0.15, 0.2) is 0 Å². The Morgan fingerprint density at radius 3 is 2.78 bits per heavy atom. The van der Waals surface area contributed by atoms with E-state index in [1.165, 1.54) is 11.1 Å². The number of morpholine rings is 1. The Morgan fingerprint density at radius 2 is 2.11 bits per heavy atom. The van der Waals surface area contributed by atoms with Gasteiger partial charge in [-0.2, -0.15) is 0 Å². The van der Waals surface area contributed by atoms with E-state index in [0.29, 0.717) is 6.04 Å². The minimum atomic E-state index is 0.452. The summed E-state index contributed by atoms with van der Waals surface area (Å²) in [5, 5.41) is 3.43. The summed E-state index contributed by atoms with van der Waals surface area (Å²) in [4.78, 5) is 2.49. The van der Waals surface area contributed by atoms with Gasteiger partial charge >= 0.3 is 0 Å². The molecule has 0 amide bonds. The van der Waals surface area contributed by atoms with Crippen molar-refractivity contribution < 1.29 is 4.74 Å². The van der Waals surface area contributed by atoms with Crippen LogP contribution in [-0.4, -0.2) is 44.8 Å². The maximum atomic E-state index is 5.38. The van der Waals surface area contributed by atoms with Gasteiger partial charge in [-0.3, -0.25) is 4.90 Å². The minimum absolute atomic E-state index is 0.452. The minimum Gasteiger partial charge on any atom is -0.379 e. The van der Waals surface area contributed by atoms with Crippen LogP contribution in [0.15, 0.2) is 24.3 Å². The van der Waals surface area contributed by atoms with E-state index in [2.05, 4.69) is 41.4 Å². The lowest BCUT2D eigenvalue weighted by Gasteiger charge is -2.28. The van der Waals surface area contributed by atoms with Crippen molar-refractivity contribution in [1.29, 1.82) is 0 Å². The normalized spacial score (nSPS) is 18.8. The Morgan fingerprint density at radius 1 is 1.33 bits per heavy atom. The molecule has 0 spiro atoms. The average Bonchev–Trinajstić information content (AvgIpc) is 2.41. The van der Waals surface area contributed by atoms with Gasteiger partial charge in [0.05, 0.1) is 13.2 Å². The zero-order valence-corrected chi connectivity index (χ0v) is 11.5. The van der Waals surface area contributed by atoms with Crippen molar-refractivity contribution >= 4 is 0 Å². The van der Waals surface area contributed by atoms with Crippen LogP contribution in [0.5, 0.6) is 0 Å². The molecule has 0 aliphatic carbocycles. The molecule has 1 aliphatic heterocycles. The molecule has 0 saturated carbocycles. The molecule has 1 aromatic rings. The van der Waals surface area contributed by atoms with Gasteiger partial charge in [-0.1, -0.05) is 29.8 Å². The number of benzene rings is 1. The van der Waals surface area contributed by atoms with E-state index >= 15 is 0 Å². The Labute approximate surface area is 110 Å². The lowest BCUT2D eigenvalue weighted by Crippen LogP contribution is -2.38. The SMILES string of the molecule is CNC(CCN1CCOCC1)c1cccc(C)c1. The Bertz CT molecular complexity index is 361. The molecule has 18 heavy (non-hydrogen) atoms. The highest BCUT2D eigenvalue weighted by atomic mass is 16.5. The monoisotopic (exact) mass is 248 g/mol. The van der Waals surface area contributed by atoms with Crippen molar-refractivity contribution in [1.82, 2.24) is 10.2 Å². The maximum absolute atomic E-state index is 5.38. The molecule has 0 radical (unpaired) electrons. The molecule has 1 N–H and O–H groups in total.